The number of anilines is 1. The Morgan fingerprint density at radius 2 is 1.97 bits per heavy atom. The van der Waals surface area contributed by atoms with E-state index in [9.17, 15) is 14.4 Å². The van der Waals surface area contributed by atoms with Gasteiger partial charge >= 0.3 is 0 Å². The number of hydrogen-bond donors (Lipinski definition) is 2. The molecule has 3 aromatic rings. The van der Waals surface area contributed by atoms with Crippen LogP contribution < -0.4 is 16.1 Å². The Kier molecular flexibility index (Phi) is 7.25. The van der Waals surface area contributed by atoms with Gasteiger partial charge in [-0.05, 0) is 69.2 Å². The highest BCUT2D eigenvalue weighted by molar-refractivity contribution is 7.17. The average molecular weight is 469 g/mol. The maximum Gasteiger partial charge on any atom is 0.292 e. The number of fused-ring (bicyclic) bond motifs is 2. The molecule has 2 heterocycles. The highest BCUT2D eigenvalue weighted by Gasteiger charge is 2.27. The third kappa shape index (κ3) is 5.17. The molecule has 2 amide bonds. The number of carbonyl (C=O) groups excluding carboxylic acids is 2. The molecule has 0 saturated carbocycles. The van der Waals surface area contributed by atoms with Gasteiger partial charge in [0, 0.05) is 30.7 Å². The van der Waals surface area contributed by atoms with Crippen molar-refractivity contribution < 1.29 is 18.7 Å². The van der Waals surface area contributed by atoms with E-state index in [1.165, 1.54) is 17.4 Å². The van der Waals surface area contributed by atoms with Crippen molar-refractivity contribution >= 4 is 39.1 Å². The number of aryl methyl sites for hydroxylation is 2. The summed E-state index contributed by atoms with van der Waals surface area (Å²) in [6, 6.07) is 6.46. The number of thiophene rings is 1. The first-order valence-electron chi connectivity index (χ1n) is 11.3. The summed E-state index contributed by atoms with van der Waals surface area (Å²) in [5.74, 6) is -0.816. The minimum absolute atomic E-state index is 0.0763. The van der Waals surface area contributed by atoms with E-state index in [1.54, 1.807) is 12.1 Å². The van der Waals surface area contributed by atoms with Crippen molar-refractivity contribution in [1.29, 1.82) is 0 Å². The third-order valence-electron chi connectivity index (χ3n) is 5.69. The standard InChI is InChI=1S/C25H28N2O5S/c1-3-31-12-6-11-26-24(30)22-17-7-4-5-8-21(17)33-25(22)27-23(29)20-14-18(28)16-10-9-15(2)13-19(16)32-20/h9-10,13-14H,3-8,11-12H2,1-2H3,(H,26,30)(H,27,29). The summed E-state index contributed by atoms with van der Waals surface area (Å²) in [6.45, 7) is 5.55. The maximum absolute atomic E-state index is 13.0. The summed E-state index contributed by atoms with van der Waals surface area (Å²) in [5.41, 5.74) is 2.56. The van der Waals surface area contributed by atoms with Crippen molar-refractivity contribution in [3.8, 4) is 0 Å². The second-order valence-electron chi connectivity index (χ2n) is 8.15. The molecule has 1 aliphatic rings. The number of rotatable bonds is 8. The van der Waals surface area contributed by atoms with Crippen LogP contribution in [-0.4, -0.2) is 31.6 Å². The van der Waals surface area contributed by atoms with Gasteiger partial charge in [0.2, 0.25) is 0 Å². The molecule has 2 N–H and O–H groups in total. The predicted molar refractivity (Wildman–Crippen MR) is 130 cm³/mol. The Morgan fingerprint density at radius 1 is 1.15 bits per heavy atom. The van der Waals surface area contributed by atoms with Crippen LogP contribution >= 0.6 is 11.3 Å². The molecule has 1 aromatic carbocycles. The number of benzene rings is 1. The minimum Gasteiger partial charge on any atom is -0.451 e. The van der Waals surface area contributed by atoms with Crippen molar-refractivity contribution in [3.63, 3.8) is 0 Å². The van der Waals surface area contributed by atoms with E-state index in [-0.39, 0.29) is 17.1 Å². The lowest BCUT2D eigenvalue weighted by Crippen LogP contribution is -2.27. The molecule has 0 radical (unpaired) electrons. The van der Waals surface area contributed by atoms with Gasteiger partial charge in [0.15, 0.2) is 11.2 Å². The first kappa shape index (κ1) is 23.2. The normalized spacial score (nSPS) is 13.0. The van der Waals surface area contributed by atoms with Gasteiger partial charge in [-0.25, -0.2) is 0 Å². The SMILES string of the molecule is CCOCCCNC(=O)c1c(NC(=O)c2cc(=O)c3ccc(C)cc3o2)sc2c1CCCC2. The van der Waals surface area contributed by atoms with Gasteiger partial charge in [-0.2, -0.15) is 0 Å². The number of hydrogen-bond acceptors (Lipinski definition) is 6. The molecule has 0 atom stereocenters. The van der Waals surface area contributed by atoms with Crippen LogP contribution in [0.15, 0.2) is 33.5 Å². The molecule has 0 spiro atoms. The van der Waals surface area contributed by atoms with Gasteiger partial charge in [0.05, 0.1) is 10.9 Å². The highest BCUT2D eigenvalue weighted by atomic mass is 32.1. The van der Waals surface area contributed by atoms with Crippen LogP contribution in [-0.2, 0) is 17.6 Å². The topological polar surface area (TPSA) is 97.6 Å². The van der Waals surface area contributed by atoms with Crippen LogP contribution in [0.1, 0.15) is 63.1 Å². The molecule has 2 aromatic heterocycles. The second-order valence-corrected chi connectivity index (χ2v) is 9.26. The highest BCUT2D eigenvalue weighted by Crippen LogP contribution is 2.38. The summed E-state index contributed by atoms with van der Waals surface area (Å²) in [7, 11) is 0. The Balaban J connectivity index is 1.59. The van der Waals surface area contributed by atoms with Crippen molar-refractivity contribution in [2.24, 2.45) is 0 Å². The lowest BCUT2D eigenvalue weighted by atomic mass is 9.95. The summed E-state index contributed by atoms with van der Waals surface area (Å²) in [4.78, 5) is 39.7. The molecule has 0 unspecified atom stereocenters. The molecule has 7 nitrogen and oxygen atoms in total. The van der Waals surface area contributed by atoms with E-state index in [2.05, 4.69) is 10.6 Å². The molecule has 33 heavy (non-hydrogen) atoms. The zero-order valence-corrected chi connectivity index (χ0v) is 19.7. The van der Waals surface area contributed by atoms with Crippen molar-refractivity contribution in [2.75, 3.05) is 25.1 Å². The molecule has 8 heteroatoms. The molecule has 0 bridgehead atoms. The molecule has 174 valence electrons. The zero-order valence-electron chi connectivity index (χ0n) is 18.9. The Morgan fingerprint density at radius 3 is 2.79 bits per heavy atom. The number of ether oxygens (including phenoxy) is 1. The van der Waals surface area contributed by atoms with Gasteiger partial charge in [0.25, 0.3) is 11.8 Å². The molecule has 4 rings (SSSR count). The van der Waals surface area contributed by atoms with Gasteiger partial charge in [-0.1, -0.05) is 6.07 Å². The molecule has 0 saturated heterocycles. The number of amides is 2. The smallest absolute Gasteiger partial charge is 0.292 e. The number of nitrogens with one attached hydrogen (secondary N) is 2. The Hall–Kier alpha value is -2.97. The first-order valence-corrected chi connectivity index (χ1v) is 12.2. The molecular weight excluding hydrogens is 440 g/mol. The quantitative estimate of drug-likeness (QED) is 0.476. The zero-order chi connectivity index (χ0) is 23.4. The Bertz CT molecular complexity index is 1240. The fourth-order valence-electron chi connectivity index (χ4n) is 4.04. The van der Waals surface area contributed by atoms with Crippen LogP contribution in [0.4, 0.5) is 5.00 Å². The largest absolute Gasteiger partial charge is 0.451 e. The van der Waals surface area contributed by atoms with Crippen molar-refractivity contribution in [1.82, 2.24) is 5.32 Å². The van der Waals surface area contributed by atoms with E-state index in [0.29, 0.717) is 41.3 Å². The maximum atomic E-state index is 13.0. The molecular formula is C25H28N2O5S. The lowest BCUT2D eigenvalue weighted by Gasteiger charge is -2.13. The molecule has 0 fully saturated rings. The van der Waals surface area contributed by atoms with Gasteiger partial charge in [-0.15, -0.1) is 11.3 Å². The van der Waals surface area contributed by atoms with Crippen molar-refractivity contribution in [2.45, 2.75) is 46.0 Å². The Labute approximate surface area is 196 Å². The fourth-order valence-corrected chi connectivity index (χ4v) is 5.32. The van der Waals surface area contributed by atoms with Crippen LogP contribution in [0.3, 0.4) is 0 Å². The second kappa shape index (κ2) is 10.3. The van der Waals surface area contributed by atoms with E-state index < -0.39 is 5.91 Å². The van der Waals surface area contributed by atoms with Gasteiger partial charge < -0.3 is 19.8 Å². The average Bonchev–Trinajstić information content (AvgIpc) is 3.16. The predicted octanol–water partition coefficient (Wildman–Crippen LogP) is 4.45. The van der Waals surface area contributed by atoms with E-state index >= 15 is 0 Å². The van der Waals surface area contributed by atoms with Gasteiger partial charge in [0.1, 0.15) is 10.6 Å². The monoisotopic (exact) mass is 468 g/mol. The van der Waals surface area contributed by atoms with E-state index in [4.69, 9.17) is 9.15 Å². The van der Waals surface area contributed by atoms with Gasteiger partial charge in [-0.3, -0.25) is 14.4 Å². The lowest BCUT2D eigenvalue weighted by molar-refractivity contribution is 0.0944. The third-order valence-corrected chi connectivity index (χ3v) is 6.90. The van der Waals surface area contributed by atoms with Crippen LogP contribution in [0.5, 0.6) is 0 Å². The van der Waals surface area contributed by atoms with Crippen LogP contribution in [0.2, 0.25) is 0 Å². The van der Waals surface area contributed by atoms with Crippen LogP contribution in [0.25, 0.3) is 11.0 Å². The van der Waals surface area contributed by atoms with E-state index in [1.807, 2.05) is 19.9 Å². The summed E-state index contributed by atoms with van der Waals surface area (Å²) < 4.78 is 11.1. The molecule has 0 aliphatic heterocycles. The summed E-state index contributed by atoms with van der Waals surface area (Å²) in [5, 5.41) is 6.72. The summed E-state index contributed by atoms with van der Waals surface area (Å²) in [6.07, 6.45) is 4.50. The fraction of sp³-hybridized carbons (Fsp3) is 0.400. The minimum atomic E-state index is -0.542. The summed E-state index contributed by atoms with van der Waals surface area (Å²) >= 11 is 1.43. The number of carbonyl (C=O) groups is 2. The first-order chi connectivity index (χ1) is 16.0. The van der Waals surface area contributed by atoms with Crippen molar-refractivity contribution in [3.05, 3.63) is 61.8 Å². The molecule has 1 aliphatic carbocycles. The van der Waals surface area contributed by atoms with E-state index in [0.717, 1.165) is 48.1 Å². The van der Waals surface area contributed by atoms with Crippen LogP contribution in [0, 0.1) is 6.92 Å².